The molecule has 1 heterocycles. The smallest absolute Gasteiger partial charge is 0.0625 e. The first-order valence-corrected chi connectivity index (χ1v) is 9.79. The van der Waals surface area contributed by atoms with Crippen LogP contribution in [0.3, 0.4) is 0 Å². The normalized spacial score (nSPS) is 18.2. The Morgan fingerprint density at radius 1 is 0.815 bits per heavy atom. The molecule has 0 spiro atoms. The molecule has 1 aliphatic rings. The van der Waals surface area contributed by atoms with Crippen molar-refractivity contribution in [1.29, 1.82) is 0 Å². The Balaban J connectivity index is 1.66. The van der Waals surface area contributed by atoms with E-state index in [0.29, 0.717) is 6.04 Å². The van der Waals surface area contributed by atoms with Crippen molar-refractivity contribution in [3.8, 4) is 11.1 Å². The van der Waals surface area contributed by atoms with E-state index in [2.05, 4.69) is 90.8 Å². The summed E-state index contributed by atoms with van der Waals surface area (Å²) in [5.74, 6) is 0. The lowest BCUT2D eigenvalue weighted by molar-refractivity contribution is 0.0691. The second-order valence-electron chi connectivity index (χ2n) is 7.40. The molecule has 2 heteroatoms. The molecule has 0 N–H and O–H groups in total. The van der Waals surface area contributed by atoms with Crippen LogP contribution in [0.5, 0.6) is 0 Å². The molecule has 2 nitrogen and oxygen atoms in total. The second-order valence-corrected chi connectivity index (χ2v) is 7.40. The molecule has 3 aromatic rings. The molecule has 1 atom stereocenters. The maximum absolute atomic E-state index is 6.13. The number of nitrogens with zero attached hydrogens (tertiary/aromatic N) is 1. The minimum atomic E-state index is 0.363. The van der Waals surface area contributed by atoms with E-state index in [1.807, 2.05) is 0 Å². The van der Waals surface area contributed by atoms with Crippen LogP contribution >= 0.6 is 0 Å². The third-order valence-electron chi connectivity index (χ3n) is 5.51. The highest BCUT2D eigenvalue weighted by molar-refractivity contribution is 5.70. The Morgan fingerprint density at radius 2 is 1.44 bits per heavy atom. The summed E-state index contributed by atoms with van der Waals surface area (Å²) in [6.07, 6.45) is 1.96. The SMILES string of the molecule is CN1Cc2ccccc2-c2ccccc2CCOC[C@@H]1Cc1ccccc1. The van der Waals surface area contributed by atoms with Crippen LogP contribution in [0.4, 0.5) is 0 Å². The molecule has 3 aromatic carbocycles. The van der Waals surface area contributed by atoms with Crippen molar-refractivity contribution in [2.75, 3.05) is 20.3 Å². The van der Waals surface area contributed by atoms with Crippen molar-refractivity contribution in [3.63, 3.8) is 0 Å². The van der Waals surface area contributed by atoms with Gasteiger partial charge in [0.05, 0.1) is 13.2 Å². The maximum atomic E-state index is 6.13. The Hall–Kier alpha value is -2.42. The topological polar surface area (TPSA) is 12.5 Å². The van der Waals surface area contributed by atoms with Crippen molar-refractivity contribution in [1.82, 2.24) is 4.90 Å². The van der Waals surface area contributed by atoms with Crippen molar-refractivity contribution >= 4 is 0 Å². The predicted molar refractivity (Wildman–Crippen MR) is 112 cm³/mol. The van der Waals surface area contributed by atoms with Crippen molar-refractivity contribution < 1.29 is 4.74 Å². The van der Waals surface area contributed by atoms with Crippen LogP contribution in [0.1, 0.15) is 16.7 Å². The van der Waals surface area contributed by atoms with Crippen LogP contribution in [0.25, 0.3) is 11.1 Å². The monoisotopic (exact) mass is 357 g/mol. The van der Waals surface area contributed by atoms with Gasteiger partial charge >= 0.3 is 0 Å². The lowest BCUT2D eigenvalue weighted by Gasteiger charge is -2.28. The van der Waals surface area contributed by atoms with E-state index in [1.165, 1.54) is 27.8 Å². The molecule has 0 bridgehead atoms. The van der Waals surface area contributed by atoms with Crippen LogP contribution in [0.2, 0.25) is 0 Å². The zero-order valence-corrected chi connectivity index (χ0v) is 16.0. The van der Waals surface area contributed by atoms with Gasteiger partial charge in [-0.25, -0.2) is 0 Å². The number of ether oxygens (including phenoxy) is 1. The summed E-state index contributed by atoms with van der Waals surface area (Å²) in [7, 11) is 2.22. The highest BCUT2D eigenvalue weighted by Crippen LogP contribution is 2.29. The van der Waals surface area contributed by atoms with E-state index in [1.54, 1.807) is 0 Å². The van der Waals surface area contributed by atoms with Crippen LogP contribution < -0.4 is 0 Å². The van der Waals surface area contributed by atoms with E-state index in [0.717, 1.165) is 32.6 Å². The second kappa shape index (κ2) is 8.51. The molecule has 0 fully saturated rings. The standard InChI is InChI=1S/C25H27NO/c1-26-18-22-12-6-8-14-25(22)24-13-7-5-11-21(24)15-16-27-19-23(26)17-20-9-3-2-4-10-20/h2-14,23H,15-19H2,1H3/t23-/m0/s1. The summed E-state index contributed by atoms with van der Waals surface area (Å²) in [5, 5.41) is 0. The van der Waals surface area contributed by atoms with E-state index in [9.17, 15) is 0 Å². The maximum Gasteiger partial charge on any atom is 0.0625 e. The van der Waals surface area contributed by atoms with E-state index >= 15 is 0 Å². The Bertz CT molecular complexity index is 874. The molecule has 27 heavy (non-hydrogen) atoms. The molecule has 0 amide bonds. The van der Waals surface area contributed by atoms with Gasteiger partial charge in [-0.15, -0.1) is 0 Å². The third-order valence-corrected chi connectivity index (χ3v) is 5.51. The first kappa shape index (κ1) is 18.0. The highest BCUT2D eigenvalue weighted by atomic mass is 16.5. The summed E-state index contributed by atoms with van der Waals surface area (Å²) in [6, 6.07) is 28.7. The molecule has 0 saturated carbocycles. The molecule has 0 aliphatic carbocycles. The van der Waals surface area contributed by atoms with Gasteiger partial charge in [-0.3, -0.25) is 4.90 Å². The Morgan fingerprint density at radius 3 is 2.22 bits per heavy atom. The molecular weight excluding hydrogens is 330 g/mol. The number of likely N-dealkylation sites (N-methyl/N-ethyl adjacent to an activating group) is 1. The number of rotatable bonds is 2. The molecular formula is C25H27NO. The lowest BCUT2D eigenvalue weighted by Crippen LogP contribution is -2.37. The molecule has 138 valence electrons. The van der Waals surface area contributed by atoms with E-state index < -0.39 is 0 Å². The quantitative estimate of drug-likeness (QED) is 0.642. The van der Waals surface area contributed by atoms with E-state index in [4.69, 9.17) is 4.74 Å². The van der Waals surface area contributed by atoms with Gasteiger partial charge in [-0.1, -0.05) is 78.9 Å². The van der Waals surface area contributed by atoms with Crippen LogP contribution in [-0.4, -0.2) is 31.2 Å². The van der Waals surface area contributed by atoms with Gasteiger partial charge < -0.3 is 4.74 Å². The first-order chi connectivity index (χ1) is 13.3. The fourth-order valence-electron chi connectivity index (χ4n) is 3.95. The van der Waals surface area contributed by atoms with Gasteiger partial charge in [-0.2, -0.15) is 0 Å². The van der Waals surface area contributed by atoms with Gasteiger partial charge in [0.15, 0.2) is 0 Å². The van der Waals surface area contributed by atoms with Gasteiger partial charge in [0, 0.05) is 12.6 Å². The van der Waals surface area contributed by atoms with Gasteiger partial charge in [0.1, 0.15) is 0 Å². The summed E-state index contributed by atoms with van der Waals surface area (Å²) in [6.45, 7) is 2.44. The largest absolute Gasteiger partial charge is 0.379 e. The Kier molecular flexibility index (Phi) is 5.66. The van der Waals surface area contributed by atoms with Crippen LogP contribution in [-0.2, 0) is 24.1 Å². The minimum Gasteiger partial charge on any atom is -0.379 e. The summed E-state index contributed by atoms with van der Waals surface area (Å²) in [4.78, 5) is 2.44. The fourth-order valence-corrected chi connectivity index (χ4v) is 3.95. The molecule has 1 aliphatic heterocycles. The van der Waals surface area contributed by atoms with Crippen LogP contribution in [0, 0.1) is 0 Å². The third kappa shape index (κ3) is 4.29. The zero-order valence-electron chi connectivity index (χ0n) is 16.0. The molecule has 4 rings (SSSR count). The predicted octanol–water partition coefficient (Wildman–Crippen LogP) is 4.97. The average Bonchev–Trinajstić information content (AvgIpc) is 2.73. The highest BCUT2D eigenvalue weighted by Gasteiger charge is 2.19. The molecule has 0 saturated heterocycles. The van der Waals surface area contributed by atoms with Gasteiger partial charge in [0.2, 0.25) is 0 Å². The minimum absolute atomic E-state index is 0.363. The summed E-state index contributed by atoms with van der Waals surface area (Å²) >= 11 is 0. The average molecular weight is 357 g/mol. The molecule has 0 aromatic heterocycles. The molecule has 0 unspecified atom stereocenters. The van der Waals surface area contributed by atoms with Crippen molar-refractivity contribution in [3.05, 3.63) is 95.6 Å². The van der Waals surface area contributed by atoms with Crippen molar-refractivity contribution in [2.45, 2.75) is 25.4 Å². The first-order valence-electron chi connectivity index (χ1n) is 9.79. The number of hydrogen-bond donors (Lipinski definition) is 0. The summed E-state index contributed by atoms with van der Waals surface area (Å²) < 4.78 is 6.13. The Labute approximate surface area is 162 Å². The van der Waals surface area contributed by atoms with Crippen LogP contribution in [0.15, 0.2) is 78.9 Å². The van der Waals surface area contributed by atoms with Gasteiger partial charge in [-0.05, 0) is 47.7 Å². The molecule has 0 radical (unpaired) electrons. The lowest BCUT2D eigenvalue weighted by atomic mass is 9.94. The zero-order chi connectivity index (χ0) is 18.5. The van der Waals surface area contributed by atoms with Gasteiger partial charge in [0.25, 0.3) is 0 Å². The van der Waals surface area contributed by atoms with E-state index in [-0.39, 0.29) is 0 Å². The summed E-state index contributed by atoms with van der Waals surface area (Å²) in [5.41, 5.74) is 6.80. The fraction of sp³-hybridized carbons (Fsp3) is 0.280. The number of hydrogen-bond acceptors (Lipinski definition) is 2. The number of benzene rings is 3. The number of fused-ring (bicyclic) bond motifs is 3. The van der Waals surface area contributed by atoms with Crippen molar-refractivity contribution in [2.24, 2.45) is 0 Å².